The second kappa shape index (κ2) is 7.54. The molecule has 0 aliphatic heterocycles. The number of aromatic hydroxyl groups is 1. The van der Waals surface area contributed by atoms with Gasteiger partial charge in [-0.1, -0.05) is 18.1 Å². The van der Waals surface area contributed by atoms with Gasteiger partial charge < -0.3 is 15.3 Å². The van der Waals surface area contributed by atoms with Gasteiger partial charge in [0.2, 0.25) is 5.91 Å². The van der Waals surface area contributed by atoms with Crippen LogP contribution < -0.4 is 5.32 Å². The maximum absolute atomic E-state index is 12.5. The number of carbonyl (C=O) groups is 2. The highest BCUT2D eigenvalue weighted by molar-refractivity contribution is 6.01. The summed E-state index contributed by atoms with van der Waals surface area (Å²) in [4.78, 5) is 25.9. The van der Waals surface area contributed by atoms with E-state index in [1.54, 1.807) is 43.3 Å². The van der Waals surface area contributed by atoms with E-state index in [0.717, 1.165) is 5.56 Å². The fraction of sp³-hybridized carbons (Fsp3) is 0.200. The molecule has 2 N–H and O–H groups in total. The smallest absolute Gasteiger partial charge is 0.257 e. The lowest BCUT2D eigenvalue weighted by molar-refractivity contribution is -0.116. The van der Waals surface area contributed by atoms with Gasteiger partial charge in [0, 0.05) is 18.3 Å². The first kappa shape index (κ1) is 18.1. The molecule has 0 aliphatic carbocycles. The first-order chi connectivity index (χ1) is 11.8. The van der Waals surface area contributed by atoms with Gasteiger partial charge in [0.15, 0.2) is 0 Å². The Labute approximate surface area is 147 Å². The summed E-state index contributed by atoms with van der Waals surface area (Å²) in [5.41, 5.74) is 2.93. The van der Waals surface area contributed by atoms with Crippen LogP contribution in [0.4, 0.5) is 5.69 Å². The monoisotopic (exact) mass is 336 g/mol. The van der Waals surface area contributed by atoms with E-state index in [4.69, 9.17) is 6.42 Å². The molecule has 0 aromatic heterocycles. The van der Waals surface area contributed by atoms with Crippen LogP contribution in [0.5, 0.6) is 5.75 Å². The lowest BCUT2D eigenvalue weighted by atomic mass is 10.0. The van der Waals surface area contributed by atoms with Gasteiger partial charge in [-0.2, -0.15) is 0 Å². The fourth-order valence-corrected chi connectivity index (χ4v) is 2.35. The number of anilines is 1. The summed E-state index contributed by atoms with van der Waals surface area (Å²) in [6.07, 6.45) is 5.33. The minimum absolute atomic E-state index is 0.0565. The molecule has 0 radical (unpaired) electrons. The molecule has 5 heteroatoms. The van der Waals surface area contributed by atoms with Gasteiger partial charge in [0.25, 0.3) is 5.91 Å². The maximum atomic E-state index is 12.5. The number of hydrogen-bond donors (Lipinski definition) is 2. The fourth-order valence-electron chi connectivity index (χ4n) is 2.35. The molecular weight excluding hydrogens is 316 g/mol. The standard InChI is InChI=1S/C20H20N2O3/c1-5-15-7-6-8-16(11-15)21-18(23)12-22(4)20(25)17-10-9-13(2)14(3)19(17)24/h1,6-11,24H,12H2,2-4H3,(H,21,23). The summed E-state index contributed by atoms with van der Waals surface area (Å²) in [6, 6.07) is 10.2. The van der Waals surface area contributed by atoms with E-state index in [1.807, 2.05) is 6.92 Å². The number of likely N-dealkylation sites (N-methyl/N-ethyl adjacent to an activating group) is 1. The Morgan fingerprint density at radius 3 is 2.64 bits per heavy atom. The summed E-state index contributed by atoms with van der Waals surface area (Å²) in [5.74, 6) is 1.66. The predicted octanol–water partition coefficient (Wildman–Crippen LogP) is 2.70. The van der Waals surface area contributed by atoms with E-state index in [1.165, 1.54) is 11.9 Å². The van der Waals surface area contributed by atoms with Crippen LogP contribution in [-0.2, 0) is 4.79 Å². The Bertz CT molecular complexity index is 866. The van der Waals surface area contributed by atoms with Gasteiger partial charge in [-0.15, -0.1) is 6.42 Å². The van der Waals surface area contributed by atoms with Crippen LogP contribution >= 0.6 is 0 Å². The second-order valence-corrected chi connectivity index (χ2v) is 5.84. The summed E-state index contributed by atoms with van der Waals surface area (Å²) in [7, 11) is 1.51. The molecule has 0 atom stereocenters. The van der Waals surface area contributed by atoms with Crippen molar-refractivity contribution in [3.8, 4) is 18.1 Å². The molecule has 0 saturated carbocycles. The number of phenols is 1. The van der Waals surface area contributed by atoms with Crippen molar-refractivity contribution >= 4 is 17.5 Å². The molecule has 0 saturated heterocycles. The number of amides is 2. The van der Waals surface area contributed by atoms with Crippen molar-refractivity contribution in [2.24, 2.45) is 0 Å². The SMILES string of the molecule is C#Cc1cccc(NC(=O)CN(C)C(=O)c2ccc(C)c(C)c2O)c1. The summed E-state index contributed by atoms with van der Waals surface area (Å²) < 4.78 is 0. The first-order valence-electron chi connectivity index (χ1n) is 7.74. The van der Waals surface area contributed by atoms with Crippen molar-refractivity contribution in [2.75, 3.05) is 18.9 Å². The highest BCUT2D eigenvalue weighted by atomic mass is 16.3. The van der Waals surface area contributed by atoms with Crippen molar-refractivity contribution in [3.05, 3.63) is 58.7 Å². The third-order valence-corrected chi connectivity index (χ3v) is 3.97. The molecule has 5 nitrogen and oxygen atoms in total. The Hall–Kier alpha value is -3.26. The average molecular weight is 336 g/mol. The number of hydrogen-bond acceptors (Lipinski definition) is 3. The van der Waals surface area contributed by atoms with E-state index in [2.05, 4.69) is 11.2 Å². The topological polar surface area (TPSA) is 69.6 Å². The highest BCUT2D eigenvalue weighted by Gasteiger charge is 2.19. The molecular formula is C20H20N2O3. The first-order valence-corrected chi connectivity index (χ1v) is 7.74. The van der Waals surface area contributed by atoms with Gasteiger partial charge >= 0.3 is 0 Å². The lowest BCUT2D eigenvalue weighted by Crippen LogP contribution is -2.35. The average Bonchev–Trinajstić information content (AvgIpc) is 2.59. The number of nitrogens with one attached hydrogen (secondary N) is 1. The van der Waals surface area contributed by atoms with Gasteiger partial charge in [0.1, 0.15) is 5.75 Å². The molecule has 0 fully saturated rings. The molecule has 0 unspecified atom stereocenters. The highest BCUT2D eigenvalue weighted by Crippen LogP contribution is 2.25. The van der Waals surface area contributed by atoms with Crippen molar-refractivity contribution in [1.29, 1.82) is 0 Å². The summed E-state index contributed by atoms with van der Waals surface area (Å²) in [5, 5.41) is 12.9. The van der Waals surface area contributed by atoms with Gasteiger partial charge in [-0.05, 0) is 49.2 Å². The second-order valence-electron chi connectivity index (χ2n) is 5.84. The third-order valence-electron chi connectivity index (χ3n) is 3.97. The van der Waals surface area contributed by atoms with Crippen molar-refractivity contribution in [1.82, 2.24) is 4.90 Å². The van der Waals surface area contributed by atoms with Crippen LogP contribution in [0.3, 0.4) is 0 Å². The molecule has 128 valence electrons. The maximum Gasteiger partial charge on any atom is 0.257 e. The number of terminal acetylenes is 1. The minimum atomic E-state index is -0.423. The number of rotatable bonds is 4. The van der Waals surface area contributed by atoms with E-state index in [9.17, 15) is 14.7 Å². The molecule has 0 aliphatic rings. The Morgan fingerprint density at radius 1 is 1.24 bits per heavy atom. The summed E-state index contributed by atoms with van der Waals surface area (Å²) >= 11 is 0. The Balaban J connectivity index is 2.07. The largest absolute Gasteiger partial charge is 0.507 e. The van der Waals surface area contributed by atoms with Crippen molar-refractivity contribution in [2.45, 2.75) is 13.8 Å². The zero-order valence-electron chi connectivity index (χ0n) is 14.5. The number of phenolic OH excluding ortho intramolecular Hbond substituents is 1. The van der Waals surface area contributed by atoms with Gasteiger partial charge in [-0.3, -0.25) is 9.59 Å². The van der Waals surface area contributed by atoms with Crippen LogP contribution in [0, 0.1) is 26.2 Å². The molecule has 2 rings (SSSR count). The normalized spacial score (nSPS) is 10.0. The quantitative estimate of drug-likeness (QED) is 0.844. The number of carbonyl (C=O) groups excluding carboxylic acids is 2. The van der Waals surface area contributed by atoms with Crippen molar-refractivity contribution < 1.29 is 14.7 Å². The predicted molar refractivity (Wildman–Crippen MR) is 97.5 cm³/mol. The summed E-state index contributed by atoms with van der Waals surface area (Å²) in [6.45, 7) is 3.45. The number of nitrogens with zero attached hydrogens (tertiary/aromatic N) is 1. The molecule has 25 heavy (non-hydrogen) atoms. The van der Waals surface area contributed by atoms with E-state index < -0.39 is 5.91 Å². The number of aryl methyl sites for hydroxylation is 1. The third kappa shape index (κ3) is 4.18. The van der Waals surface area contributed by atoms with E-state index in [-0.39, 0.29) is 23.8 Å². The van der Waals surface area contributed by atoms with E-state index in [0.29, 0.717) is 16.8 Å². The minimum Gasteiger partial charge on any atom is -0.507 e. The van der Waals surface area contributed by atoms with Crippen molar-refractivity contribution in [3.63, 3.8) is 0 Å². The zero-order chi connectivity index (χ0) is 18.6. The molecule has 2 aromatic rings. The molecule has 2 aromatic carbocycles. The molecule has 0 spiro atoms. The lowest BCUT2D eigenvalue weighted by Gasteiger charge is -2.18. The molecule has 0 heterocycles. The van der Waals surface area contributed by atoms with Crippen LogP contribution in [0.2, 0.25) is 0 Å². The number of benzene rings is 2. The Morgan fingerprint density at radius 2 is 1.96 bits per heavy atom. The zero-order valence-corrected chi connectivity index (χ0v) is 14.5. The van der Waals surface area contributed by atoms with Gasteiger partial charge in [0.05, 0.1) is 12.1 Å². The van der Waals surface area contributed by atoms with Gasteiger partial charge in [-0.25, -0.2) is 0 Å². The van der Waals surface area contributed by atoms with Crippen LogP contribution in [0.15, 0.2) is 36.4 Å². The van der Waals surface area contributed by atoms with Crippen LogP contribution in [0.25, 0.3) is 0 Å². The Kier molecular flexibility index (Phi) is 5.45. The van der Waals surface area contributed by atoms with Crippen LogP contribution in [-0.4, -0.2) is 35.4 Å². The van der Waals surface area contributed by atoms with Crippen LogP contribution in [0.1, 0.15) is 27.0 Å². The van der Waals surface area contributed by atoms with E-state index >= 15 is 0 Å². The molecule has 0 bridgehead atoms. The molecule has 2 amide bonds.